The molecule has 3 N–H and O–H groups in total. The van der Waals surface area contributed by atoms with E-state index in [1.54, 1.807) is 31.2 Å². The van der Waals surface area contributed by atoms with E-state index in [0.717, 1.165) is 5.56 Å². The third-order valence-electron chi connectivity index (χ3n) is 4.45. The minimum absolute atomic E-state index is 0.191. The Bertz CT molecular complexity index is 801. The number of imide groups is 1. The molecule has 0 spiro atoms. The zero-order chi connectivity index (χ0) is 18.1. The number of nitrogens with one attached hydrogen (secondary N) is 1. The van der Waals surface area contributed by atoms with Gasteiger partial charge in [-0.25, -0.2) is 10.2 Å². The number of carbonyl (C=O) groups excluding carboxylic acids is 3. The van der Waals surface area contributed by atoms with Crippen molar-refractivity contribution < 1.29 is 14.4 Å². The maximum Gasteiger partial charge on any atom is 0.332 e. The molecule has 2 atom stereocenters. The topological polar surface area (TPSA) is 105 Å². The Hall–Kier alpha value is -2.67. The molecule has 3 rings (SSSR count). The molecular formula is C17H17ClN4O3. The van der Waals surface area contributed by atoms with Crippen molar-refractivity contribution in [3.63, 3.8) is 0 Å². The molecule has 2 aliphatic rings. The van der Waals surface area contributed by atoms with Gasteiger partial charge in [0, 0.05) is 5.03 Å². The number of rotatable bonds is 3. The van der Waals surface area contributed by atoms with Crippen molar-refractivity contribution in [2.24, 2.45) is 22.7 Å². The summed E-state index contributed by atoms with van der Waals surface area (Å²) in [6.45, 7) is 1.71. The van der Waals surface area contributed by atoms with E-state index in [9.17, 15) is 14.4 Å². The summed E-state index contributed by atoms with van der Waals surface area (Å²) < 4.78 is 0. The Balaban J connectivity index is 1.81. The minimum Gasteiger partial charge on any atom is -0.350 e. The van der Waals surface area contributed by atoms with Crippen molar-refractivity contribution in [1.82, 2.24) is 5.43 Å². The number of nitrogens with zero attached hydrogens (tertiary/aromatic N) is 2. The average molecular weight is 361 g/mol. The van der Waals surface area contributed by atoms with Crippen LogP contribution in [0.1, 0.15) is 25.3 Å². The molecule has 1 aliphatic heterocycles. The quantitative estimate of drug-likeness (QED) is 0.490. The van der Waals surface area contributed by atoms with Gasteiger partial charge in [0.15, 0.2) is 0 Å². The van der Waals surface area contributed by atoms with Crippen molar-refractivity contribution >= 4 is 40.8 Å². The van der Waals surface area contributed by atoms with Gasteiger partial charge in [-0.15, -0.1) is 0 Å². The van der Waals surface area contributed by atoms with E-state index >= 15 is 0 Å². The molecule has 25 heavy (non-hydrogen) atoms. The second kappa shape index (κ2) is 6.68. The number of allylic oxidation sites excluding steroid dienone is 2. The molecule has 0 saturated carbocycles. The van der Waals surface area contributed by atoms with Gasteiger partial charge in [0.1, 0.15) is 0 Å². The van der Waals surface area contributed by atoms with Crippen LogP contribution in [-0.2, 0) is 9.59 Å². The normalized spacial score (nSPS) is 23.4. The van der Waals surface area contributed by atoms with Gasteiger partial charge in [0.25, 0.3) is 0 Å². The lowest BCUT2D eigenvalue weighted by Crippen LogP contribution is -2.30. The van der Waals surface area contributed by atoms with Crippen LogP contribution in [0, 0.1) is 11.8 Å². The third-order valence-corrected chi connectivity index (χ3v) is 4.75. The maximum atomic E-state index is 12.6. The molecular weight excluding hydrogens is 344 g/mol. The second-order valence-electron chi connectivity index (χ2n) is 6.04. The summed E-state index contributed by atoms with van der Waals surface area (Å²) in [5.41, 5.74) is 8.93. The Kier molecular flexibility index (Phi) is 4.59. The molecule has 7 nitrogen and oxygen atoms in total. The summed E-state index contributed by atoms with van der Waals surface area (Å²) in [5.74, 6) is -1.12. The lowest BCUT2D eigenvalue weighted by molar-refractivity contribution is -0.122. The Morgan fingerprint density at radius 3 is 2.52 bits per heavy atom. The number of amides is 4. The first-order valence-corrected chi connectivity index (χ1v) is 8.19. The molecule has 1 aromatic rings. The number of anilines is 1. The molecule has 1 aromatic carbocycles. The number of fused-ring (bicyclic) bond motifs is 1. The molecule has 0 unspecified atom stereocenters. The maximum absolute atomic E-state index is 12.6. The molecule has 1 heterocycles. The monoisotopic (exact) mass is 360 g/mol. The van der Waals surface area contributed by atoms with Crippen LogP contribution in [0.3, 0.4) is 0 Å². The van der Waals surface area contributed by atoms with E-state index in [4.69, 9.17) is 17.3 Å². The predicted molar refractivity (Wildman–Crippen MR) is 94.0 cm³/mol. The molecule has 1 fully saturated rings. The molecule has 8 heteroatoms. The van der Waals surface area contributed by atoms with E-state index < -0.39 is 6.03 Å². The minimum atomic E-state index is -0.751. The smallest absolute Gasteiger partial charge is 0.332 e. The first-order valence-electron chi connectivity index (χ1n) is 7.81. The van der Waals surface area contributed by atoms with Gasteiger partial charge in [-0.05, 0) is 37.5 Å². The molecule has 0 radical (unpaired) electrons. The molecule has 1 aliphatic carbocycles. The number of nitrogens with two attached hydrogens (primary N) is 1. The van der Waals surface area contributed by atoms with E-state index in [-0.39, 0.29) is 23.7 Å². The number of urea groups is 1. The molecule has 0 aromatic heterocycles. The number of benzene rings is 1. The van der Waals surface area contributed by atoms with E-state index in [1.165, 1.54) is 4.90 Å². The summed E-state index contributed by atoms with van der Waals surface area (Å²) >= 11 is 6.02. The summed E-state index contributed by atoms with van der Waals surface area (Å²) in [4.78, 5) is 37.2. The van der Waals surface area contributed by atoms with E-state index in [1.807, 2.05) is 6.08 Å². The number of hydrogen-bond acceptors (Lipinski definition) is 4. The van der Waals surface area contributed by atoms with Gasteiger partial charge in [-0.2, -0.15) is 5.10 Å². The van der Waals surface area contributed by atoms with Crippen molar-refractivity contribution in [2.45, 2.75) is 19.8 Å². The number of halogens is 1. The van der Waals surface area contributed by atoms with Crippen LogP contribution in [-0.4, -0.2) is 23.6 Å². The third kappa shape index (κ3) is 3.28. The fourth-order valence-electron chi connectivity index (χ4n) is 3.14. The van der Waals surface area contributed by atoms with Crippen LogP contribution in [0.25, 0.3) is 0 Å². The Morgan fingerprint density at radius 2 is 1.88 bits per heavy atom. The molecule has 1 saturated heterocycles. The number of hydrazone groups is 1. The highest BCUT2D eigenvalue weighted by atomic mass is 35.5. The van der Waals surface area contributed by atoms with E-state index in [0.29, 0.717) is 29.3 Å². The predicted octanol–water partition coefficient (Wildman–Crippen LogP) is 2.10. The average Bonchev–Trinajstić information content (AvgIpc) is 2.83. The van der Waals surface area contributed by atoms with Crippen molar-refractivity contribution in [3.05, 3.63) is 40.9 Å². The van der Waals surface area contributed by atoms with Crippen molar-refractivity contribution in [1.29, 1.82) is 0 Å². The first-order chi connectivity index (χ1) is 11.9. The standard InChI is InChI=1S/C17H17ClN4O3/c1-9(20-21-17(19)25)10-2-5-12(6-3-10)22-15(23)13-7-4-11(18)8-14(13)16(22)24/h2-6,13-14H,7-8H2,1H3,(H3,19,21,25)/b20-9-/t13-,14-/m1/s1. The van der Waals surface area contributed by atoms with Crippen LogP contribution in [0.5, 0.6) is 0 Å². The van der Waals surface area contributed by atoms with Gasteiger partial charge in [-0.3, -0.25) is 14.5 Å². The van der Waals surface area contributed by atoms with Crippen LogP contribution < -0.4 is 16.1 Å². The number of hydrogen-bond donors (Lipinski definition) is 2. The van der Waals surface area contributed by atoms with Gasteiger partial charge in [0.05, 0.1) is 23.2 Å². The lowest BCUT2D eigenvalue weighted by Gasteiger charge is -2.17. The Labute approximate surface area is 149 Å². The fourth-order valence-corrected chi connectivity index (χ4v) is 3.39. The molecule has 4 amide bonds. The highest BCUT2D eigenvalue weighted by Gasteiger charge is 2.48. The van der Waals surface area contributed by atoms with Crippen LogP contribution in [0.2, 0.25) is 0 Å². The van der Waals surface area contributed by atoms with Crippen LogP contribution >= 0.6 is 11.6 Å². The fraction of sp³-hybridized carbons (Fsp3) is 0.294. The second-order valence-corrected chi connectivity index (χ2v) is 6.52. The molecule has 0 bridgehead atoms. The summed E-state index contributed by atoms with van der Waals surface area (Å²) in [5, 5.41) is 4.47. The highest BCUT2D eigenvalue weighted by molar-refractivity contribution is 6.30. The van der Waals surface area contributed by atoms with Gasteiger partial charge >= 0.3 is 6.03 Å². The first kappa shape index (κ1) is 17.2. The van der Waals surface area contributed by atoms with Gasteiger partial charge < -0.3 is 5.73 Å². The van der Waals surface area contributed by atoms with Crippen LogP contribution in [0.4, 0.5) is 10.5 Å². The summed E-state index contributed by atoms with van der Waals surface area (Å²) in [6, 6.07) is 6.07. The SMILES string of the molecule is C/C(=N/NC(N)=O)c1ccc(N2C(=O)[C@@H]3CC=C(Cl)C[C@H]3C2=O)cc1. The lowest BCUT2D eigenvalue weighted by atomic mass is 9.85. The van der Waals surface area contributed by atoms with Gasteiger partial charge in [-0.1, -0.05) is 29.8 Å². The number of carbonyl (C=O) groups is 3. The largest absolute Gasteiger partial charge is 0.350 e. The summed E-state index contributed by atoms with van der Waals surface area (Å²) in [7, 11) is 0. The van der Waals surface area contributed by atoms with Crippen LogP contribution in [0.15, 0.2) is 40.5 Å². The zero-order valence-corrected chi connectivity index (χ0v) is 14.3. The highest BCUT2D eigenvalue weighted by Crippen LogP contribution is 2.40. The Morgan fingerprint density at radius 1 is 1.24 bits per heavy atom. The molecule has 130 valence electrons. The number of primary amides is 1. The van der Waals surface area contributed by atoms with Crippen molar-refractivity contribution in [3.8, 4) is 0 Å². The van der Waals surface area contributed by atoms with E-state index in [2.05, 4.69) is 10.5 Å². The summed E-state index contributed by atoms with van der Waals surface area (Å²) in [6.07, 6.45) is 2.72. The zero-order valence-electron chi connectivity index (χ0n) is 13.5. The van der Waals surface area contributed by atoms with Gasteiger partial charge in [0.2, 0.25) is 11.8 Å². The van der Waals surface area contributed by atoms with Crippen molar-refractivity contribution in [2.75, 3.05) is 4.90 Å².